The van der Waals surface area contributed by atoms with Crippen molar-refractivity contribution >= 4 is 5.91 Å². The van der Waals surface area contributed by atoms with Crippen molar-refractivity contribution in [3.63, 3.8) is 0 Å². The van der Waals surface area contributed by atoms with Crippen molar-refractivity contribution in [1.29, 1.82) is 0 Å². The number of likely N-dealkylation sites (tertiary alicyclic amines) is 1. The Morgan fingerprint density at radius 1 is 1.42 bits per heavy atom. The molecular weight excluding hydrogens is 152 g/mol. The maximum absolute atomic E-state index is 11.4. The van der Waals surface area contributed by atoms with E-state index in [-0.39, 0.29) is 5.91 Å². The first-order valence-electron chi connectivity index (χ1n) is 4.71. The van der Waals surface area contributed by atoms with Gasteiger partial charge in [0.05, 0.1) is 6.54 Å². The zero-order valence-electron chi connectivity index (χ0n) is 7.97. The zero-order valence-corrected chi connectivity index (χ0v) is 7.97. The van der Waals surface area contributed by atoms with Gasteiger partial charge in [-0.2, -0.15) is 0 Å². The van der Waals surface area contributed by atoms with Gasteiger partial charge in [-0.25, -0.2) is 0 Å². The molecule has 0 radical (unpaired) electrons. The van der Waals surface area contributed by atoms with E-state index < -0.39 is 0 Å². The van der Waals surface area contributed by atoms with E-state index in [4.69, 9.17) is 0 Å². The van der Waals surface area contributed by atoms with Gasteiger partial charge in [-0.05, 0) is 12.8 Å². The van der Waals surface area contributed by atoms with Gasteiger partial charge in [0.1, 0.15) is 0 Å². The van der Waals surface area contributed by atoms with Crippen molar-refractivity contribution < 1.29 is 4.79 Å². The van der Waals surface area contributed by atoms with Crippen molar-refractivity contribution in [2.75, 3.05) is 19.6 Å². The summed E-state index contributed by atoms with van der Waals surface area (Å²) in [7, 11) is 0. The minimum absolute atomic E-state index is 0.251. The standard InChI is InChI=1S/C9H18N2O/c1-8(2)10-7-9(12)11-5-3-4-6-11/h8,10H,3-7H2,1-2H3. The van der Waals surface area contributed by atoms with Gasteiger partial charge in [-0.15, -0.1) is 0 Å². The number of nitrogens with zero attached hydrogens (tertiary/aromatic N) is 1. The molecule has 70 valence electrons. The summed E-state index contributed by atoms with van der Waals surface area (Å²) < 4.78 is 0. The third-order valence-corrected chi connectivity index (χ3v) is 2.12. The van der Waals surface area contributed by atoms with Gasteiger partial charge in [0.15, 0.2) is 0 Å². The van der Waals surface area contributed by atoms with E-state index in [1.54, 1.807) is 0 Å². The number of hydrogen-bond donors (Lipinski definition) is 1. The molecule has 0 aromatic rings. The molecule has 1 aliphatic rings. The van der Waals surface area contributed by atoms with Crippen LogP contribution in [0.2, 0.25) is 0 Å². The van der Waals surface area contributed by atoms with Crippen molar-refractivity contribution in [3.8, 4) is 0 Å². The molecule has 1 amide bonds. The van der Waals surface area contributed by atoms with Crippen molar-refractivity contribution in [3.05, 3.63) is 0 Å². The second-order valence-electron chi connectivity index (χ2n) is 3.62. The molecule has 1 saturated heterocycles. The number of carbonyl (C=O) groups is 1. The molecule has 0 aromatic carbocycles. The fourth-order valence-corrected chi connectivity index (χ4v) is 1.37. The molecule has 12 heavy (non-hydrogen) atoms. The summed E-state index contributed by atoms with van der Waals surface area (Å²) in [5.41, 5.74) is 0. The van der Waals surface area contributed by atoms with E-state index in [0.717, 1.165) is 13.1 Å². The summed E-state index contributed by atoms with van der Waals surface area (Å²) >= 11 is 0. The minimum atomic E-state index is 0.251. The highest BCUT2D eigenvalue weighted by molar-refractivity contribution is 5.78. The molecular formula is C9H18N2O. The number of carbonyl (C=O) groups excluding carboxylic acids is 1. The predicted molar refractivity (Wildman–Crippen MR) is 49.0 cm³/mol. The Hall–Kier alpha value is -0.570. The molecule has 1 heterocycles. The highest BCUT2D eigenvalue weighted by atomic mass is 16.2. The van der Waals surface area contributed by atoms with E-state index >= 15 is 0 Å². The first-order chi connectivity index (χ1) is 5.70. The molecule has 0 bridgehead atoms. The molecule has 1 rings (SSSR count). The van der Waals surface area contributed by atoms with Crippen molar-refractivity contribution in [2.24, 2.45) is 0 Å². The van der Waals surface area contributed by atoms with Crippen LogP contribution in [-0.4, -0.2) is 36.5 Å². The molecule has 0 saturated carbocycles. The van der Waals surface area contributed by atoms with Crippen LogP contribution in [0.25, 0.3) is 0 Å². The van der Waals surface area contributed by atoms with E-state index in [2.05, 4.69) is 19.2 Å². The first kappa shape index (κ1) is 9.52. The van der Waals surface area contributed by atoms with Crippen LogP contribution in [0.1, 0.15) is 26.7 Å². The van der Waals surface area contributed by atoms with E-state index in [1.165, 1.54) is 12.8 Å². The lowest BCUT2D eigenvalue weighted by Gasteiger charge is -2.16. The molecule has 1 N–H and O–H groups in total. The van der Waals surface area contributed by atoms with E-state index in [9.17, 15) is 4.79 Å². The summed E-state index contributed by atoms with van der Waals surface area (Å²) in [5, 5.41) is 3.13. The molecule has 1 fully saturated rings. The molecule has 0 aromatic heterocycles. The highest BCUT2D eigenvalue weighted by Crippen LogP contribution is 2.06. The van der Waals surface area contributed by atoms with Crippen LogP contribution < -0.4 is 5.32 Å². The summed E-state index contributed by atoms with van der Waals surface area (Å²) in [4.78, 5) is 13.4. The molecule has 0 atom stereocenters. The first-order valence-corrected chi connectivity index (χ1v) is 4.71. The van der Waals surface area contributed by atoms with Crippen LogP contribution in [0.5, 0.6) is 0 Å². The third kappa shape index (κ3) is 2.81. The van der Waals surface area contributed by atoms with Gasteiger partial charge >= 0.3 is 0 Å². The molecule has 0 unspecified atom stereocenters. The van der Waals surface area contributed by atoms with Crippen LogP contribution >= 0.6 is 0 Å². The second kappa shape index (κ2) is 4.45. The zero-order chi connectivity index (χ0) is 8.97. The third-order valence-electron chi connectivity index (χ3n) is 2.12. The molecule has 0 spiro atoms. The normalized spacial score (nSPS) is 17.4. The topological polar surface area (TPSA) is 32.3 Å². The number of rotatable bonds is 3. The smallest absolute Gasteiger partial charge is 0.236 e. The Morgan fingerprint density at radius 3 is 2.50 bits per heavy atom. The fourth-order valence-electron chi connectivity index (χ4n) is 1.37. The number of amides is 1. The van der Waals surface area contributed by atoms with Crippen LogP contribution in [0.4, 0.5) is 0 Å². The number of nitrogens with one attached hydrogen (secondary N) is 1. The van der Waals surface area contributed by atoms with Gasteiger partial charge in [-0.3, -0.25) is 4.79 Å². The molecule has 0 aliphatic carbocycles. The highest BCUT2D eigenvalue weighted by Gasteiger charge is 2.16. The Balaban J connectivity index is 2.18. The van der Waals surface area contributed by atoms with Gasteiger partial charge in [0, 0.05) is 19.1 Å². The summed E-state index contributed by atoms with van der Waals surface area (Å²) in [6.45, 7) is 6.52. The maximum Gasteiger partial charge on any atom is 0.236 e. The van der Waals surface area contributed by atoms with Gasteiger partial charge < -0.3 is 10.2 Å². The van der Waals surface area contributed by atoms with Crippen molar-refractivity contribution in [1.82, 2.24) is 10.2 Å². The lowest BCUT2D eigenvalue weighted by atomic mass is 10.4. The summed E-state index contributed by atoms with van der Waals surface area (Å²) in [5.74, 6) is 0.251. The fraction of sp³-hybridized carbons (Fsp3) is 0.889. The lowest BCUT2D eigenvalue weighted by Crippen LogP contribution is -2.38. The van der Waals surface area contributed by atoms with Crippen LogP contribution in [0.3, 0.4) is 0 Å². The SMILES string of the molecule is CC(C)NCC(=O)N1CCCC1. The Kier molecular flexibility index (Phi) is 3.53. The van der Waals surface area contributed by atoms with Crippen LogP contribution in [0.15, 0.2) is 0 Å². The Labute approximate surface area is 74.1 Å². The average molecular weight is 170 g/mol. The Morgan fingerprint density at radius 2 is 2.00 bits per heavy atom. The Bertz CT molecular complexity index is 151. The summed E-state index contributed by atoms with van der Waals surface area (Å²) in [6.07, 6.45) is 2.35. The quantitative estimate of drug-likeness (QED) is 0.673. The van der Waals surface area contributed by atoms with E-state index in [1.807, 2.05) is 4.90 Å². The largest absolute Gasteiger partial charge is 0.342 e. The number of hydrogen-bond acceptors (Lipinski definition) is 2. The van der Waals surface area contributed by atoms with Gasteiger partial charge in [-0.1, -0.05) is 13.8 Å². The lowest BCUT2D eigenvalue weighted by molar-refractivity contribution is -0.129. The van der Waals surface area contributed by atoms with Gasteiger partial charge in [0.25, 0.3) is 0 Å². The van der Waals surface area contributed by atoms with Crippen LogP contribution in [-0.2, 0) is 4.79 Å². The summed E-state index contributed by atoms with van der Waals surface area (Å²) in [6, 6.07) is 0.400. The molecule has 1 aliphatic heterocycles. The van der Waals surface area contributed by atoms with E-state index in [0.29, 0.717) is 12.6 Å². The van der Waals surface area contributed by atoms with Gasteiger partial charge in [0.2, 0.25) is 5.91 Å². The van der Waals surface area contributed by atoms with Crippen LogP contribution in [0, 0.1) is 0 Å². The van der Waals surface area contributed by atoms with Crippen molar-refractivity contribution in [2.45, 2.75) is 32.7 Å². The molecule has 3 heteroatoms. The predicted octanol–water partition coefficient (Wildman–Crippen LogP) is 0.607. The average Bonchev–Trinajstić information content (AvgIpc) is 2.51. The minimum Gasteiger partial charge on any atom is -0.342 e. The second-order valence-corrected chi connectivity index (χ2v) is 3.62. The molecule has 3 nitrogen and oxygen atoms in total. The monoisotopic (exact) mass is 170 g/mol. The maximum atomic E-state index is 11.4.